The molecule has 0 spiro atoms. The van der Waals surface area contributed by atoms with Crippen LogP contribution in [0.4, 0.5) is 0 Å². The smallest absolute Gasteiger partial charge is 0.251 e. The van der Waals surface area contributed by atoms with E-state index in [4.69, 9.17) is 0 Å². The molecular weight excluding hydrogens is 306 g/mol. The number of hydrogen-bond acceptors (Lipinski definition) is 3. The highest BCUT2D eigenvalue weighted by atomic mass is 16.2. The van der Waals surface area contributed by atoms with E-state index in [1.807, 2.05) is 19.9 Å². The molecule has 1 aliphatic heterocycles. The second-order valence-electron chi connectivity index (χ2n) is 5.89. The molecule has 1 fully saturated rings. The molecule has 1 atom stereocenters. The molecule has 3 amide bonds. The van der Waals surface area contributed by atoms with E-state index in [1.54, 1.807) is 23.1 Å². The first kappa shape index (κ1) is 18.0. The molecule has 2 N–H and O–H groups in total. The summed E-state index contributed by atoms with van der Waals surface area (Å²) in [6.07, 6.45) is 1.94. The van der Waals surface area contributed by atoms with Crippen LogP contribution in [0.2, 0.25) is 0 Å². The standard InChI is InChI=1S/C18H25N3O3/c1-3-15(21-10-6-9-16(21)22)18(24)20-12-13-7-5-8-14(11-13)17(23)19-4-2/h5,7-8,11,15H,3-4,6,9-10,12H2,1-2H3,(H,19,23)(H,20,24)/t15-/m1/s1. The lowest BCUT2D eigenvalue weighted by molar-refractivity contribution is -0.137. The zero-order valence-electron chi connectivity index (χ0n) is 14.3. The van der Waals surface area contributed by atoms with E-state index in [0.717, 1.165) is 12.0 Å². The summed E-state index contributed by atoms with van der Waals surface area (Å²) in [6.45, 7) is 5.34. The highest BCUT2D eigenvalue weighted by Gasteiger charge is 2.31. The quantitative estimate of drug-likeness (QED) is 0.794. The van der Waals surface area contributed by atoms with Gasteiger partial charge in [-0.2, -0.15) is 0 Å². The highest BCUT2D eigenvalue weighted by Crippen LogP contribution is 2.16. The maximum atomic E-state index is 12.4. The average molecular weight is 331 g/mol. The normalized spacial score (nSPS) is 15.2. The Morgan fingerprint density at radius 2 is 2.04 bits per heavy atom. The fraction of sp³-hybridized carbons (Fsp3) is 0.500. The van der Waals surface area contributed by atoms with Crippen molar-refractivity contribution in [3.8, 4) is 0 Å². The van der Waals surface area contributed by atoms with Crippen molar-refractivity contribution in [3.63, 3.8) is 0 Å². The monoisotopic (exact) mass is 331 g/mol. The molecule has 0 unspecified atom stereocenters. The fourth-order valence-electron chi connectivity index (χ4n) is 2.94. The molecule has 2 rings (SSSR count). The van der Waals surface area contributed by atoms with Gasteiger partial charge < -0.3 is 15.5 Å². The van der Waals surface area contributed by atoms with Crippen LogP contribution >= 0.6 is 0 Å². The molecule has 1 aromatic carbocycles. The maximum absolute atomic E-state index is 12.4. The summed E-state index contributed by atoms with van der Waals surface area (Å²) >= 11 is 0. The van der Waals surface area contributed by atoms with Crippen LogP contribution in [0, 0.1) is 0 Å². The Hall–Kier alpha value is -2.37. The Labute approximate surface area is 142 Å². The molecule has 1 aromatic rings. The van der Waals surface area contributed by atoms with Gasteiger partial charge in [-0.1, -0.05) is 19.1 Å². The molecule has 0 radical (unpaired) electrons. The van der Waals surface area contributed by atoms with Crippen molar-refractivity contribution in [1.29, 1.82) is 0 Å². The summed E-state index contributed by atoms with van der Waals surface area (Å²) in [4.78, 5) is 37.8. The van der Waals surface area contributed by atoms with Crippen molar-refractivity contribution < 1.29 is 14.4 Å². The van der Waals surface area contributed by atoms with Gasteiger partial charge in [-0.05, 0) is 37.5 Å². The van der Waals surface area contributed by atoms with Crippen molar-refractivity contribution in [2.45, 2.75) is 45.7 Å². The lowest BCUT2D eigenvalue weighted by Crippen LogP contribution is -2.46. The largest absolute Gasteiger partial charge is 0.352 e. The van der Waals surface area contributed by atoms with Gasteiger partial charge >= 0.3 is 0 Å². The maximum Gasteiger partial charge on any atom is 0.251 e. The van der Waals surface area contributed by atoms with Gasteiger partial charge in [0, 0.05) is 31.6 Å². The third kappa shape index (κ3) is 4.34. The number of hydrogen-bond donors (Lipinski definition) is 2. The van der Waals surface area contributed by atoms with Gasteiger partial charge in [0.2, 0.25) is 11.8 Å². The van der Waals surface area contributed by atoms with Crippen molar-refractivity contribution in [3.05, 3.63) is 35.4 Å². The van der Waals surface area contributed by atoms with Crippen LogP contribution in [0.15, 0.2) is 24.3 Å². The minimum absolute atomic E-state index is 0.0511. The molecule has 0 saturated carbocycles. The predicted octanol–water partition coefficient (Wildman–Crippen LogP) is 1.45. The number of nitrogens with zero attached hydrogens (tertiary/aromatic N) is 1. The van der Waals surface area contributed by atoms with Gasteiger partial charge in [-0.15, -0.1) is 0 Å². The summed E-state index contributed by atoms with van der Waals surface area (Å²) < 4.78 is 0. The lowest BCUT2D eigenvalue weighted by atomic mass is 10.1. The van der Waals surface area contributed by atoms with E-state index in [-0.39, 0.29) is 17.7 Å². The molecule has 1 heterocycles. The van der Waals surface area contributed by atoms with Gasteiger partial charge in [0.25, 0.3) is 5.91 Å². The van der Waals surface area contributed by atoms with Crippen LogP contribution in [0.25, 0.3) is 0 Å². The summed E-state index contributed by atoms with van der Waals surface area (Å²) in [7, 11) is 0. The first-order chi connectivity index (χ1) is 11.6. The summed E-state index contributed by atoms with van der Waals surface area (Å²) in [5.74, 6) is -0.217. The molecule has 1 aliphatic rings. The zero-order chi connectivity index (χ0) is 17.5. The molecule has 130 valence electrons. The number of rotatable bonds is 7. The second kappa shape index (κ2) is 8.47. The average Bonchev–Trinajstić information content (AvgIpc) is 3.00. The molecule has 0 aromatic heterocycles. The molecule has 0 aliphatic carbocycles. The molecule has 1 saturated heterocycles. The van der Waals surface area contributed by atoms with E-state index in [9.17, 15) is 14.4 Å². The number of benzene rings is 1. The molecule has 6 heteroatoms. The van der Waals surface area contributed by atoms with Crippen LogP contribution < -0.4 is 10.6 Å². The minimum Gasteiger partial charge on any atom is -0.352 e. The zero-order valence-corrected chi connectivity index (χ0v) is 14.3. The molecule has 0 bridgehead atoms. The van der Waals surface area contributed by atoms with Crippen molar-refractivity contribution in [2.24, 2.45) is 0 Å². The SMILES string of the molecule is CCNC(=O)c1cccc(CNC(=O)[C@@H](CC)N2CCCC2=O)c1. The lowest BCUT2D eigenvalue weighted by Gasteiger charge is -2.25. The Kier molecular flexibility index (Phi) is 6.35. The van der Waals surface area contributed by atoms with Crippen LogP contribution in [-0.2, 0) is 16.1 Å². The first-order valence-electron chi connectivity index (χ1n) is 8.51. The summed E-state index contributed by atoms with van der Waals surface area (Å²) in [6, 6.07) is 6.77. The number of likely N-dealkylation sites (tertiary alicyclic amines) is 1. The third-order valence-corrected chi connectivity index (χ3v) is 4.17. The second-order valence-corrected chi connectivity index (χ2v) is 5.89. The fourth-order valence-corrected chi connectivity index (χ4v) is 2.94. The van der Waals surface area contributed by atoms with Gasteiger partial charge in [0.15, 0.2) is 0 Å². The number of carbonyl (C=O) groups excluding carboxylic acids is 3. The number of nitrogens with one attached hydrogen (secondary N) is 2. The van der Waals surface area contributed by atoms with E-state index in [1.165, 1.54) is 0 Å². The minimum atomic E-state index is -0.411. The summed E-state index contributed by atoms with van der Waals surface area (Å²) in [5, 5.41) is 5.63. The van der Waals surface area contributed by atoms with Crippen LogP contribution in [0.5, 0.6) is 0 Å². The molecule has 6 nitrogen and oxygen atoms in total. The van der Waals surface area contributed by atoms with Gasteiger partial charge in [0.05, 0.1) is 0 Å². The van der Waals surface area contributed by atoms with Gasteiger partial charge in [-0.3, -0.25) is 14.4 Å². The van der Waals surface area contributed by atoms with E-state index >= 15 is 0 Å². The Balaban J connectivity index is 1.96. The third-order valence-electron chi connectivity index (χ3n) is 4.17. The Morgan fingerprint density at radius 3 is 2.67 bits per heavy atom. The van der Waals surface area contributed by atoms with Gasteiger partial charge in [-0.25, -0.2) is 0 Å². The first-order valence-corrected chi connectivity index (χ1v) is 8.51. The van der Waals surface area contributed by atoms with Crippen molar-refractivity contribution in [2.75, 3.05) is 13.1 Å². The van der Waals surface area contributed by atoms with Crippen molar-refractivity contribution in [1.82, 2.24) is 15.5 Å². The van der Waals surface area contributed by atoms with Crippen LogP contribution in [0.1, 0.15) is 49.0 Å². The Morgan fingerprint density at radius 1 is 1.25 bits per heavy atom. The molecular formula is C18H25N3O3. The summed E-state index contributed by atoms with van der Waals surface area (Å²) in [5.41, 5.74) is 1.43. The number of carbonyl (C=O) groups is 3. The van der Waals surface area contributed by atoms with Gasteiger partial charge in [0.1, 0.15) is 6.04 Å². The Bertz CT molecular complexity index is 615. The topological polar surface area (TPSA) is 78.5 Å². The predicted molar refractivity (Wildman–Crippen MR) is 91.3 cm³/mol. The van der Waals surface area contributed by atoms with E-state index in [2.05, 4.69) is 10.6 Å². The molecule has 24 heavy (non-hydrogen) atoms. The van der Waals surface area contributed by atoms with E-state index in [0.29, 0.717) is 38.0 Å². The highest BCUT2D eigenvalue weighted by molar-refractivity contribution is 5.94. The van der Waals surface area contributed by atoms with Crippen LogP contribution in [-0.4, -0.2) is 41.8 Å². The van der Waals surface area contributed by atoms with Crippen LogP contribution in [0.3, 0.4) is 0 Å². The number of amides is 3. The van der Waals surface area contributed by atoms with E-state index < -0.39 is 6.04 Å². The van der Waals surface area contributed by atoms with Crippen molar-refractivity contribution >= 4 is 17.7 Å².